The van der Waals surface area contributed by atoms with E-state index in [-0.39, 0.29) is 51.5 Å². The van der Waals surface area contributed by atoms with Gasteiger partial charge in [0.1, 0.15) is 5.78 Å². The van der Waals surface area contributed by atoms with E-state index in [0.29, 0.717) is 0 Å². The quantitative estimate of drug-likeness (QED) is 0.214. The van der Waals surface area contributed by atoms with E-state index < -0.39 is 43.5 Å². The summed E-state index contributed by atoms with van der Waals surface area (Å²) in [6, 6.07) is 0. The molecule has 12 nitrogen and oxygen atoms in total. The van der Waals surface area contributed by atoms with Gasteiger partial charge in [-0.2, -0.15) is 0 Å². The highest BCUT2D eigenvalue weighted by Gasteiger charge is 2.19. The highest BCUT2D eigenvalue weighted by molar-refractivity contribution is 5.80. The zero-order valence-corrected chi connectivity index (χ0v) is 15.7. The first kappa shape index (κ1) is 25.4. The maximum absolute atomic E-state index is 11.6. The maximum atomic E-state index is 11.6. The zero-order chi connectivity index (χ0) is 21.7. The second kappa shape index (κ2) is 13.6. The topological polar surface area (TPSA) is 176 Å². The lowest BCUT2D eigenvalue weighted by Gasteiger charge is -2.27. The summed E-state index contributed by atoms with van der Waals surface area (Å²) >= 11 is 0. The average molecular weight is 405 g/mol. The molecule has 0 amide bonds. The molecule has 0 bridgehead atoms. The lowest BCUT2D eigenvalue weighted by Crippen LogP contribution is -2.45. The first-order chi connectivity index (χ1) is 13.0. The molecule has 0 aliphatic carbocycles. The van der Waals surface area contributed by atoms with Crippen LogP contribution in [0.15, 0.2) is 0 Å². The molecule has 0 aromatic carbocycles. The fraction of sp³-hybridized carbons (Fsp3) is 0.688. The maximum Gasteiger partial charge on any atom is 0.317 e. The summed E-state index contributed by atoms with van der Waals surface area (Å²) in [4.78, 5) is 59.2. The van der Waals surface area contributed by atoms with Gasteiger partial charge in [-0.05, 0) is 0 Å². The summed E-state index contributed by atoms with van der Waals surface area (Å²) in [6.07, 6.45) is 0.244. The summed E-state index contributed by atoms with van der Waals surface area (Å²) in [5.41, 5.74) is 0. The third-order valence-electron chi connectivity index (χ3n) is 3.69. The summed E-state index contributed by atoms with van der Waals surface area (Å²) in [6.45, 7) is 0.0768. The van der Waals surface area contributed by atoms with E-state index in [2.05, 4.69) is 0 Å². The highest BCUT2D eigenvalue weighted by Crippen LogP contribution is 1.98. The lowest BCUT2D eigenvalue weighted by atomic mass is 10.3. The third-order valence-corrected chi connectivity index (χ3v) is 3.69. The number of carbonyl (C=O) groups excluding carboxylic acids is 1. The van der Waals surface area contributed by atoms with E-state index in [1.807, 2.05) is 0 Å². The summed E-state index contributed by atoms with van der Waals surface area (Å²) in [5.74, 6) is -4.84. The zero-order valence-electron chi connectivity index (χ0n) is 15.7. The molecular formula is C16H27N3O9. The van der Waals surface area contributed by atoms with E-state index in [4.69, 9.17) is 20.4 Å². The van der Waals surface area contributed by atoms with E-state index in [1.54, 1.807) is 6.92 Å². The van der Waals surface area contributed by atoms with Gasteiger partial charge in [-0.15, -0.1) is 0 Å². The Morgan fingerprint density at radius 3 is 1.14 bits per heavy atom. The van der Waals surface area contributed by atoms with Crippen LogP contribution >= 0.6 is 0 Å². The molecule has 0 spiro atoms. The van der Waals surface area contributed by atoms with Crippen molar-refractivity contribution in [2.45, 2.75) is 13.3 Å². The molecule has 28 heavy (non-hydrogen) atoms. The number of ketones is 1. The lowest BCUT2D eigenvalue weighted by molar-refractivity contribution is -0.143. The largest absolute Gasteiger partial charge is 0.480 e. The van der Waals surface area contributed by atoms with Crippen molar-refractivity contribution >= 4 is 29.7 Å². The molecule has 0 atom stereocenters. The molecule has 0 saturated carbocycles. The van der Waals surface area contributed by atoms with Crippen molar-refractivity contribution in [1.29, 1.82) is 0 Å². The number of carboxylic acids is 4. The molecule has 0 aliphatic rings. The SMILES string of the molecule is CCC(=O)CN(CCN(CCN(CC(=O)O)CC(=O)O)CC(=O)O)CC(=O)O. The Labute approximate surface area is 161 Å². The van der Waals surface area contributed by atoms with Crippen LogP contribution in [0.4, 0.5) is 0 Å². The van der Waals surface area contributed by atoms with Crippen LogP contribution in [0.25, 0.3) is 0 Å². The van der Waals surface area contributed by atoms with Crippen molar-refractivity contribution in [2.75, 3.05) is 58.9 Å². The molecule has 160 valence electrons. The number of aliphatic carboxylic acids is 4. The monoisotopic (exact) mass is 405 g/mol. The number of Topliss-reactive ketones (excluding diaryl/α,β-unsaturated/α-hetero) is 1. The molecule has 0 saturated heterocycles. The van der Waals surface area contributed by atoms with Crippen LogP contribution in [-0.2, 0) is 24.0 Å². The molecular weight excluding hydrogens is 378 g/mol. The second-order valence-corrected chi connectivity index (χ2v) is 6.16. The number of nitrogens with zero attached hydrogens (tertiary/aromatic N) is 3. The van der Waals surface area contributed by atoms with Crippen LogP contribution in [0, 0.1) is 0 Å². The number of hydrogen-bond donors (Lipinski definition) is 4. The van der Waals surface area contributed by atoms with Crippen LogP contribution in [0.3, 0.4) is 0 Å². The Morgan fingerprint density at radius 1 is 0.536 bits per heavy atom. The fourth-order valence-electron chi connectivity index (χ4n) is 2.39. The first-order valence-corrected chi connectivity index (χ1v) is 8.59. The van der Waals surface area contributed by atoms with Gasteiger partial charge < -0.3 is 20.4 Å². The number of rotatable bonds is 17. The van der Waals surface area contributed by atoms with Crippen molar-refractivity contribution < 1.29 is 44.4 Å². The van der Waals surface area contributed by atoms with E-state index in [9.17, 15) is 24.0 Å². The van der Waals surface area contributed by atoms with Gasteiger partial charge in [0.15, 0.2) is 0 Å². The molecule has 0 aliphatic heterocycles. The molecule has 12 heteroatoms. The normalized spacial score (nSPS) is 11.1. The van der Waals surface area contributed by atoms with Gasteiger partial charge in [-0.1, -0.05) is 6.92 Å². The minimum atomic E-state index is -1.21. The Bertz CT molecular complexity index is 552. The predicted octanol–water partition coefficient (Wildman–Crippen LogP) is -1.79. The van der Waals surface area contributed by atoms with Gasteiger partial charge in [0.2, 0.25) is 0 Å². The summed E-state index contributed by atoms with van der Waals surface area (Å²) < 4.78 is 0. The predicted molar refractivity (Wildman–Crippen MR) is 95.2 cm³/mol. The van der Waals surface area contributed by atoms with Crippen LogP contribution < -0.4 is 0 Å². The van der Waals surface area contributed by atoms with Crippen LogP contribution in [-0.4, -0.2) is 124 Å². The van der Waals surface area contributed by atoms with Gasteiger partial charge in [0.05, 0.1) is 32.7 Å². The van der Waals surface area contributed by atoms with Crippen LogP contribution in [0.1, 0.15) is 13.3 Å². The molecule has 0 fully saturated rings. The van der Waals surface area contributed by atoms with Gasteiger partial charge in [0, 0.05) is 32.6 Å². The number of carbonyl (C=O) groups is 5. The van der Waals surface area contributed by atoms with Crippen molar-refractivity contribution in [3.63, 3.8) is 0 Å². The standard InChI is InChI=1S/C16H27N3O9/c1-2-12(20)7-18(9-14(23)24)5-3-17(8-13(21)22)4-6-19(10-15(25)26)11-16(27)28/h2-11H2,1H3,(H,21,22)(H,23,24)(H,25,26)(H,27,28). The van der Waals surface area contributed by atoms with Crippen molar-refractivity contribution in [1.82, 2.24) is 14.7 Å². The Kier molecular flexibility index (Phi) is 12.3. The van der Waals surface area contributed by atoms with Crippen molar-refractivity contribution in [3.8, 4) is 0 Å². The Balaban J connectivity index is 4.90. The molecule has 0 rings (SSSR count). The Morgan fingerprint density at radius 2 is 0.821 bits per heavy atom. The molecule has 4 N–H and O–H groups in total. The fourth-order valence-corrected chi connectivity index (χ4v) is 2.39. The second-order valence-electron chi connectivity index (χ2n) is 6.16. The van der Waals surface area contributed by atoms with E-state index >= 15 is 0 Å². The van der Waals surface area contributed by atoms with Crippen LogP contribution in [0.5, 0.6) is 0 Å². The molecule has 0 aromatic rings. The molecule has 0 unspecified atom stereocenters. The third kappa shape index (κ3) is 13.6. The van der Waals surface area contributed by atoms with Crippen LogP contribution in [0.2, 0.25) is 0 Å². The minimum Gasteiger partial charge on any atom is -0.480 e. The minimum absolute atomic E-state index is 0.00129. The van der Waals surface area contributed by atoms with E-state index in [0.717, 1.165) is 4.90 Å². The Hall–Kier alpha value is -2.57. The average Bonchev–Trinajstić information content (AvgIpc) is 2.54. The first-order valence-electron chi connectivity index (χ1n) is 8.59. The summed E-state index contributed by atoms with van der Waals surface area (Å²) in [7, 11) is 0. The van der Waals surface area contributed by atoms with E-state index in [1.165, 1.54) is 9.80 Å². The highest BCUT2D eigenvalue weighted by atomic mass is 16.4. The van der Waals surface area contributed by atoms with Gasteiger partial charge in [-0.25, -0.2) is 0 Å². The van der Waals surface area contributed by atoms with Crippen molar-refractivity contribution in [2.24, 2.45) is 0 Å². The summed E-state index contributed by atoms with van der Waals surface area (Å²) in [5, 5.41) is 35.7. The van der Waals surface area contributed by atoms with Crippen molar-refractivity contribution in [3.05, 3.63) is 0 Å². The van der Waals surface area contributed by atoms with Gasteiger partial charge in [-0.3, -0.25) is 38.7 Å². The van der Waals surface area contributed by atoms with Gasteiger partial charge >= 0.3 is 23.9 Å². The molecule has 0 radical (unpaired) electrons. The smallest absolute Gasteiger partial charge is 0.317 e. The molecule has 0 heterocycles. The van der Waals surface area contributed by atoms with Gasteiger partial charge in [0.25, 0.3) is 0 Å². The molecule has 0 aromatic heterocycles. The number of hydrogen-bond acceptors (Lipinski definition) is 8. The number of carboxylic acid groups (broad SMARTS) is 4.